The highest BCUT2D eigenvalue weighted by molar-refractivity contribution is 7.45. The third-order valence-corrected chi connectivity index (χ3v) is 14.8. The number of hydrogen-bond acceptors (Lipinski definition) is 6. The number of likely N-dealkylation sites (N-methyl/N-ethyl adjacent to an activating group) is 1. The number of phosphoric ester groups is 1. The Labute approximate surface area is 436 Å². The van der Waals surface area contributed by atoms with Crippen LogP contribution in [0.4, 0.5) is 0 Å². The summed E-state index contributed by atoms with van der Waals surface area (Å²) in [7, 11) is 1.27. The summed E-state index contributed by atoms with van der Waals surface area (Å²) in [5.74, 6) is -0.193. The largest absolute Gasteiger partial charge is 0.756 e. The van der Waals surface area contributed by atoms with Gasteiger partial charge in [-0.25, -0.2) is 0 Å². The Balaban J connectivity index is 3.94. The quantitative estimate of drug-likeness (QED) is 0.0272. The maximum atomic E-state index is 12.9. The van der Waals surface area contributed by atoms with E-state index >= 15 is 0 Å². The summed E-state index contributed by atoms with van der Waals surface area (Å²) >= 11 is 0. The normalized spacial score (nSPS) is 14.1. The lowest BCUT2D eigenvalue weighted by Crippen LogP contribution is -2.45. The molecule has 0 saturated heterocycles. The Morgan fingerprint density at radius 1 is 0.500 bits per heavy atom. The van der Waals surface area contributed by atoms with E-state index in [1.165, 1.54) is 231 Å². The number of rotatable bonds is 56. The molecule has 0 rings (SSSR count). The van der Waals surface area contributed by atoms with Gasteiger partial charge in [0.15, 0.2) is 0 Å². The van der Waals surface area contributed by atoms with Gasteiger partial charge in [-0.2, -0.15) is 0 Å². The third kappa shape index (κ3) is 54.5. The molecule has 1 amide bonds. The van der Waals surface area contributed by atoms with Crippen LogP contribution in [0.3, 0.4) is 0 Å². The van der Waals surface area contributed by atoms with Crippen molar-refractivity contribution in [1.82, 2.24) is 5.32 Å². The van der Waals surface area contributed by atoms with E-state index in [9.17, 15) is 19.4 Å². The van der Waals surface area contributed by atoms with Gasteiger partial charge in [-0.15, -0.1) is 0 Å². The minimum atomic E-state index is -4.59. The first-order valence-corrected chi connectivity index (χ1v) is 31.8. The molecular formula is C61H119N2O6P. The molecule has 0 saturated carbocycles. The number of carbonyl (C=O) groups excluding carboxylic acids is 1. The van der Waals surface area contributed by atoms with Gasteiger partial charge >= 0.3 is 0 Å². The standard InChI is InChI=1S/C61H119N2O6P/c1-6-8-10-12-14-16-18-20-21-22-23-24-25-26-27-28-29-30-31-32-33-34-35-36-37-38-39-40-41-43-45-47-49-51-53-55-61(65)62-59(58-69-70(66,67)68-57-56-63(3,4)5)60(64)54-52-50-48-46-44-42-19-17-15-13-11-9-7-2/h18,20,22-23,52,54,59-60,64H,6-17,19,21,24-51,53,55-58H2,1-5H3,(H-,62,65,66,67)/b20-18-,23-22-,54-52+. The number of aliphatic hydroxyl groups is 1. The second-order valence-electron chi connectivity index (χ2n) is 22.1. The molecule has 3 unspecified atom stereocenters. The molecule has 0 aromatic carbocycles. The van der Waals surface area contributed by atoms with Crippen LogP contribution in [-0.4, -0.2) is 68.5 Å². The highest BCUT2D eigenvalue weighted by Gasteiger charge is 2.23. The van der Waals surface area contributed by atoms with Crippen molar-refractivity contribution in [2.45, 2.75) is 309 Å². The maximum absolute atomic E-state index is 12.9. The molecule has 0 radical (unpaired) electrons. The van der Waals surface area contributed by atoms with Crippen molar-refractivity contribution in [3.63, 3.8) is 0 Å². The molecule has 9 heteroatoms. The molecule has 414 valence electrons. The summed E-state index contributed by atoms with van der Waals surface area (Å²) in [6.45, 7) is 4.66. The van der Waals surface area contributed by atoms with Gasteiger partial charge in [0.05, 0.1) is 39.9 Å². The summed E-state index contributed by atoms with van der Waals surface area (Å²) in [6, 6.07) is -0.883. The highest BCUT2D eigenvalue weighted by atomic mass is 31.2. The predicted octanol–water partition coefficient (Wildman–Crippen LogP) is 17.9. The Morgan fingerprint density at radius 2 is 0.829 bits per heavy atom. The second-order valence-corrected chi connectivity index (χ2v) is 23.5. The molecule has 0 aromatic rings. The van der Waals surface area contributed by atoms with E-state index in [0.717, 1.165) is 44.9 Å². The minimum Gasteiger partial charge on any atom is -0.756 e. The molecule has 0 aliphatic rings. The summed E-state index contributed by atoms with van der Waals surface area (Å²) in [5.41, 5.74) is 0. The number of aliphatic hydroxyl groups excluding tert-OH is 1. The Morgan fingerprint density at radius 3 is 1.19 bits per heavy atom. The molecule has 0 aliphatic carbocycles. The van der Waals surface area contributed by atoms with Crippen LogP contribution >= 0.6 is 7.82 Å². The number of allylic oxidation sites excluding steroid dienone is 5. The van der Waals surface area contributed by atoms with Crippen LogP contribution in [0, 0.1) is 0 Å². The summed E-state index contributed by atoms with van der Waals surface area (Å²) < 4.78 is 23.3. The summed E-state index contributed by atoms with van der Waals surface area (Å²) in [5, 5.41) is 13.9. The first-order chi connectivity index (χ1) is 34.0. The van der Waals surface area contributed by atoms with E-state index in [1.54, 1.807) is 6.08 Å². The summed E-state index contributed by atoms with van der Waals surface area (Å²) in [4.78, 5) is 25.5. The Kier molecular flexibility index (Phi) is 51.6. The van der Waals surface area contributed by atoms with Gasteiger partial charge in [-0.3, -0.25) is 9.36 Å². The molecule has 0 bridgehead atoms. The average molecular weight is 1010 g/mol. The van der Waals surface area contributed by atoms with Crippen molar-refractivity contribution < 1.29 is 32.9 Å². The summed E-state index contributed by atoms with van der Waals surface area (Å²) in [6.07, 6.45) is 68.2. The van der Waals surface area contributed by atoms with Crippen molar-refractivity contribution in [2.24, 2.45) is 0 Å². The topological polar surface area (TPSA) is 108 Å². The number of phosphoric acid groups is 1. The molecule has 0 heterocycles. The molecule has 0 aromatic heterocycles. The zero-order chi connectivity index (χ0) is 51.3. The fourth-order valence-corrected chi connectivity index (χ4v) is 9.79. The van der Waals surface area contributed by atoms with Gasteiger partial charge in [0.2, 0.25) is 5.91 Å². The third-order valence-electron chi connectivity index (χ3n) is 13.8. The second kappa shape index (κ2) is 52.6. The molecule has 3 atom stereocenters. The van der Waals surface area contributed by atoms with Crippen molar-refractivity contribution >= 4 is 13.7 Å². The number of nitrogens with zero attached hydrogens (tertiary/aromatic N) is 1. The number of amides is 1. The minimum absolute atomic E-state index is 0.000898. The van der Waals surface area contributed by atoms with Gasteiger partial charge in [0.1, 0.15) is 13.2 Å². The molecule has 0 aliphatic heterocycles. The van der Waals surface area contributed by atoms with Crippen LogP contribution in [0.25, 0.3) is 0 Å². The number of unbranched alkanes of at least 4 members (excludes halogenated alkanes) is 39. The van der Waals surface area contributed by atoms with Crippen molar-refractivity contribution in [3.8, 4) is 0 Å². The molecule has 2 N–H and O–H groups in total. The average Bonchev–Trinajstić information content (AvgIpc) is 3.32. The fourth-order valence-electron chi connectivity index (χ4n) is 9.07. The number of quaternary nitrogens is 1. The van der Waals surface area contributed by atoms with Crippen LogP contribution in [0.1, 0.15) is 296 Å². The molecular weight excluding hydrogens is 888 g/mol. The first kappa shape index (κ1) is 68.7. The van der Waals surface area contributed by atoms with Crippen LogP contribution in [-0.2, 0) is 18.4 Å². The van der Waals surface area contributed by atoms with Crippen LogP contribution < -0.4 is 10.2 Å². The lowest BCUT2D eigenvalue weighted by molar-refractivity contribution is -0.870. The van der Waals surface area contributed by atoms with E-state index in [2.05, 4.69) is 43.5 Å². The van der Waals surface area contributed by atoms with Crippen molar-refractivity contribution in [1.29, 1.82) is 0 Å². The lowest BCUT2D eigenvalue weighted by atomic mass is 10.0. The van der Waals surface area contributed by atoms with Crippen molar-refractivity contribution in [2.75, 3.05) is 40.9 Å². The predicted molar refractivity (Wildman–Crippen MR) is 302 cm³/mol. The van der Waals surface area contributed by atoms with Crippen LogP contribution in [0.2, 0.25) is 0 Å². The Bertz CT molecular complexity index is 1230. The van der Waals surface area contributed by atoms with E-state index in [4.69, 9.17) is 9.05 Å². The molecule has 0 spiro atoms. The first-order valence-electron chi connectivity index (χ1n) is 30.4. The lowest BCUT2D eigenvalue weighted by Gasteiger charge is -2.29. The van der Waals surface area contributed by atoms with E-state index < -0.39 is 20.0 Å². The number of hydrogen-bond donors (Lipinski definition) is 2. The monoisotopic (exact) mass is 1010 g/mol. The SMILES string of the molecule is CCCCCCC/C=C\C/C=C\CCCCCCCCCCCCCCCCCCCCCCCCCC(=O)NC(COP(=O)([O-])OCC[N+](C)(C)C)C(O)/C=C/CCCCCCCCCCCCC. The van der Waals surface area contributed by atoms with Crippen LogP contribution in [0.15, 0.2) is 36.5 Å². The molecule has 70 heavy (non-hydrogen) atoms. The van der Waals surface area contributed by atoms with E-state index in [-0.39, 0.29) is 19.1 Å². The smallest absolute Gasteiger partial charge is 0.268 e. The van der Waals surface area contributed by atoms with E-state index in [1.807, 2.05) is 27.2 Å². The number of nitrogens with one attached hydrogen (secondary N) is 1. The fraction of sp³-hybridized carbons (Fsp3) is 0.885. The van der Waals surface area contributed by atoms with Gasteiger partial charge in [-0.05, 0) is 51.4 Å². The van der Waals surface area contributed by atoms with Gasteiger partial charge < -0.3 is 28.8 Å². The van der Waals surface area contributed by atoms with Gasteiger partial charge in [-0.1, -0.05) is 275 Å². The maximum Gasteiger partial charge on any atom is 0.268 e. The Hall–Kier alpha value is -1.28. The van der Waals surface area contributed by atoms with Gasteiger partial charge in [0.25, 0.3) is 7.82 Å². The van der Waals surface area contributed by atoms with Gasteiger partial charge in [0, 0.05) is 6.42 Å². The molecule has 8 nitrogen and oxygen atoms in total. The highest BCUT2D eigenvalue weighted by Crippen LogP contribution is 2.38. The van der Waals surface area contributed by atoms with Crippen molar-refractivity contribution in [3.05, 3.63) is 36.5 Å². The number of carbonyl (C=O) groups is 1. The zero-order valence-corrected chi connectivity index (χ0v) is 48.1. The molecule has 0 fully saturated rings. The zero-order valence-electron chi connectivity index (χ0n) is 47.2. The van der Waals surface area contributed by atoms with E-state index in [0.29, 0.717) is 17.4 Å². The van der Waals surface area contributed by atoms with Crippen LogP contribution in [0.5, 0.6) is 0 Å².